The Morgan fingerprint density at radius 2 is 2.05 bits per heavy atom. The van der Waals surface area contributed by atoms with Crippen LogP contribution in [0, 0.1) is 5.82 Å². The Kier molecular flexibility index (Phi) is 5.34. The number of nitrogens with zero attached hydrogens (tertiary/aromatic N) is 1. The molecule has 0 unspecified atom stereocenters. The molecule has 1 aromatic carbocycles. The van der Waals surface area contributed by atoms with E-state index >= 15 is 0 Å². The molecule has 3 nitrogen and oxygen atoms in total. The first-order chi connectivity index (χ1) is 9.16. The molecule has 0 bridgehead atoms. The Balaban J connectivity index is 1.78. The van der Waals surface area contributed by atoms with Gasteiger partial charge in [0, 0.05) is 18.7 Å². The summed E-state index contributed by atoms with van der Waals surface area (Å²) in [5.41, 5.74) is 0.361. The van der Waals surface area contributed by atoms with Crippen LogP contribution >= 0.6 is 15.9 Å². The molecular formula is C14H18BrFN2O. The van der Waals surface area contributed by atoms with E-state index in [-0.39, 0.29) is 5.91 Å². The third-order valence-electron chi connectivity index (χ3n) is 3.34. The van der Waals surface area contributed by atoms with Crippen molar-refractivity contribution in [1.82, 2.24) is 10.2 Å². The van der Waals surface area contributed by atoms with Gasteiger partial charge in [0.2, 0.25) is 0 Å². The maximum absolute atomic E-state index is 13.3. The molecule has 2 rings (SSSR count). The lowest BCUT2D eigenvalue weighted by atomic mass is 10.1. The zero-order valence-electron chi connectivity index (χ0n) is 10.8. The van der Waals surface area contributed by atoms with Crippen molar-refractivity contribution in [3.05, 3.63) is 34.1 Å². The summed E-state index contributed by atoms with van der Waals surface area (Å²) in [6.45, 7) is 3.70. The molecule has 0 aromatic heterocycles. The maximum Gasteiger partial charge on any atom is 0.251 e. The molecule has 0 aliphatic carbocycles. The Hall–Kier alpha value is -0.940. The van der Waals surface area contributed by atoms with Gasteiger partial charge in [0.05, 0.1) is 4.47 Å². The molecule has 1 aromatic rings. The van der Waals surface area contributed by atoms with Gasteiger partial charge < -0.3 is 10.2 Å². The fourth-order valence-electron chi connectivity index (χ4n) is 2.25. The molecule has 19 heavy (non-hydrogen) atoms. The molecular weight excluding hydrogens is 311 g/mol. The number of nitrogens with one attached hydrogen (secondary N) is 1. The molecule has 1 saturated heterocycles. The highest BCUT2D eigenvalue weighted by Gasteiger charge is 2.11. The van der Waals surface area contributed by atoms with Gasteiger partial charge in [-0.05, 0) is 60.1 Å². The lowest BCUT2D eigenvalue weighted by Gasteiger charge is -2.26. The van der Waals surface area contributed by atoms with E-state index in [0.29, 0.717) is 16.6 Å². The maximum atomic E-state index is 13.3. The zero-order chi connectivity index (χ0) is 13.7. The first-order valence-corrected chi connectivity index (χ1v) is 7.42. The van der Waals surface area contributed by atoms with Crippen molar-refractivity contribution in [3.63, 3.8) is 0 Å². The summed E-state index contributed by atoms with van der Waals surface area (Å²) in [5.74, 6) is -0.632. The van der Waals surface area contributed by atoms with E-state index in [0.717, 1.165) is 19.6 Å². The number of carbonyl (C=O) groups excluding carboxylic acids is 1. The van der Waals surface area contributed by atoms with Crippen LogP contribution < -0.4 is 5.32 Å². The molecule has 1 fully saturated rings. The highest BCUT2D eigenvalue weighted by Crippen LogP contribution is 2.16. The second-order valence-corrected chi connectivity index (χ2v) is 5.64. The third kappa shape index (κ3) is 4.28. The predicted octanol–water partition coefficient (Wildman–Crippen LogP) is 2.80. The van der Waals surface area contributed by atoms with Crippen LogP contribution in [0.1, 0.15) is 29.6 Å². The predicted molar refractivity (Wildman–Crippen MR) is 76.7 cm³/mol. The summed E-state index contributed by atoms with van der Waals surface area (Å²) in [5, 5.41) is 2.83. The fraction of sp³-hybridized carbons (Fsp3) is 0.500. The molecule has 1 aliphatic rings. The van der Waals surface area contributed by atoms with Gasteiger partial charge in [0.15, 0.2) is 0 Å². The van der Waals surface area contributed by atoms with Crippen molar-refractivity contribution in [3.8, 4) is 0 Å². The monoisotopic (exact) mass is 328 g/mol. The number of amides is 1. The second-order valence-electron chi connectivity index (χ2n) is 4.79. The Labute approximate surface area is 121 Å². The molecule has 1 heterocycles. The van der Waals surface area contributed by atoms with Crippen LogP contribution in [0.25, 0.3) is 0 Å². The van der Waals surface area contributed by atoms with Crippen LogP contribution in [0.15, 0.2) is 22.7 Å². The van der Waals surface area contributed by atoms with E-state index in [1.54, 1.807) is 12.1 Å². The third-order valence-corrected chi connectivity index (χ3v) is 3.99. The van der Waals surface area contributed by atoms with Gasteiger partial charge in [-0.2, -0.15) is 0 Å². The van der Waals surface area contributed by atoms with E-state index in [2.05, 4.69) is 26.1 Å². The van der Waals surface area contributed by atoms with Gasteiger partial charge in [-0.25, -0.2) is 4.39 Å². The largest absolute Gasteiger partial charge is 0.351 e. The summed E-state index contributed by atoms with van der Waals surface area (Å²) in [7, 11) is 0. The zero-order valence-corrected chi connectivity index (χ0v) is 12.4. The SMILES string of the molecule is O=C(NCCN1CCCCC1)c1ccc(Br)c(F)c1. The molecule has 104 valence electrons. The van der Waals surface area contributed by atoms with Gasteiger partial charge in [0.1, 0.15) is 5.82 Å². The Bertz CT molecular complexity index is 447. The number of carbonyl (C=O) groups is 1. The first kappa shape index (κ1) is 14.5. The standard InChI is InChI=1S/C14H18BrFN2O/c15-12-5-4-11(10-13(12)16)14(19)17-6-9-18-7-2-1-3-8-18/h4-5,10H,1-3,6-9H2,(H,17,19). The van der Waals surface area contributed by atoms with Gasteiger partial charge >= 0.3 is 0 Å². The lowest BCUT2D eigenvalue weighted by molar-refractivity contribution is 0.0946. The van der Waals surface area contributed by atoms with Gasteiger partial charge in [0.25, 0.3) is 5.91 Å². The molecule has 0 radical (unpaired) electrons. The van der Waals surface area contributed by atoms with Crippen LogP contribution in [0.2, 0.25) is 0 Å². The average molecular weight is 329 g/mol. The van der Waals surface area contributed by atoms with Crippen molar-refractivity contribution in [2.24, 2.45) is 0 Å². The molecule has 1 aliphatic heterocycles. The van der Waals surface area contributed by atoms with E-state index in [1.807, 2.05) is 0 Å². The summed E-state index contributed by atoms with van der Waals surface area (Å²) in [6.07, 6.45) is 3.79. The number of piperidine rings is 1. The summed E-state index contributed by atoms with van der Waals surface area (Å²) >= 11 is 3.07. The molecule has 0 saturated carbocycles. The highest BCUT2D eigenvalue weighted by molar-refractivity contribution is 9.10. The molecule has 0 atom stereocenters. The number of hydrogen-bond donors (Lipinski definition) is 1. The molecule has 1 amide bonds. The van der Waals surface area contributed by atoms with Crippen molar-refractivity contribution < 1.29 is 9.18 Å². The van der Waals surface area contributed by atoms with Crippen LogP contribution in [0.4, 0.5) is 4.39 Å². The summed E-state index contributed by atoms with van der Waals surface area (Å²) < 4.78 is 13.7. The van der Waals surface area contributed by atoms with E-state index in [4.69, 9.17) is 0 Å². The molecule has 0 spiro atoms. The quantitative estimate of drug-likeness (QED) is 0.921. The number of rotatable bonds is 4. The van der Waals surface area contributed by atoms with Crippen LogP contribution in [-0.2, 0) is 0 Å². The van der Waals surface area contributed by atoms with Crippen molar-refractivity contribution in [1.29, 1.82) is 0 Å². The van der Waals surface area contributed by atoms with Crippen molar-refractivity contribution >= 4 is 21.8 Å². The molecule has 5 heteroatoms. The molecule has 1 N–H and O–H groups in total. The fourth-order valence-corrected chi connectivity index (χ4v) is 2.50. The van der Waals surface area contributed by atoms with Gasteiger partial charge in [-0.15, -0.1) is 0 Å². The highest BCUT2D eigenvalue weighted by atomic mass is 79.9. The average Bonchev–Trinajstić information content (AvgIpc) is 2.43. The minimum atomic E-state index is -0.413. The van der Waals surface area contributed by atoms with E-state index < -0.39 is 5.82 Å². The first-order valence-electron chi connectivity index (χ1n) is 6.62. The van der Waals surface area contributed by atoms with Crippen LogP contribution in [-0.4, -0.2) is 37.0 Å². The van der Waals surface area contributed by atoms with Gasteiger partial charge in [-0.3, -0.25) is 4.79 Å². The number of likely N-dealkylation sites (tertiary alicyclic amines) is 1. The van der Waals surface area contributed by atoms with Crippen molar-refractivity contribution in [2.45, 2.75) is 19.3 Å². The minimum absolute atomic E-state index is 0.219. The summed E-state index contributed by atoms with van der Waals surface area (Å²) in [4.78, 5) is 14.2. The second kappa shape index (κ2) is 7.01. The van der Waals surface area contributed by atoms with Crippen molar-refractivity contribution in [2.75, 3.05) is 26.2 Å². The van der Waals surface area contributed by atoms with Crippen LogP contribution in [0.5, 0.6) is 0 Å². The Morgan fingerprint density at radius 3 is 2.74 bits per heavy atom. The minimum Gasteiger partial charge on any atom is -0.351 e. The lowest BCUT2D eigenvalue weighted by Crippen LogP contribution is -2.37. The number of halogens is 2. The topological polar surface area (TPSA) is 32.3 Å². The summed E-state index contributed by atoms with van der Waals surface area (Å²) in [6, 6.07) is 4.42. The number of benzene rings is 1. The van der Waals surface area contributed by atoms with E-state index in [9.17, 15) is 9.18 Å². The number of hydrogen-bond acceptors (Lipinski definition) is 2. The van der Waals surface area contributed by atoms with E-state index in [1.165, 1.54) is 25.3 Å². The Morgan fingerprint density at radius 1 is 1.32 bits per heavy atom. The smallest absolute Gasteiger partial charge is 0.251 e. The van der Waals surface area contributed by atoms with Gasteiger partial charge in [-0.1, -0.05) is 6.42 Å². The van der Waals surface area contributed by atoms with Crippen LogP contribution in [0.3, 0.4) is 0 Å². The normalized spacial score (nSPS) is 16.3.